The van der Waals surface area contributed by atoms with Gasteiger partial charge in [0.25, 0.3) is 0 Å². The molecule has 2 atom stereocenters. The Morgan fingerprint density at radius 1 is 0.795 bits per heavy atom. The van der Waals surface area contributed by atoms with Crippen molar-refractivity contribution in [1.29, 1.82) is 0 Å². The predicted molar refractivity (Wildman–Crippen MR) is 161 cm³/mol. The van der Waals surface area contributed by atoms with E-state index in [0.29, 0.717) is 5.11 Å². The Bertz CT molecular complexity index is 1610. The van der Waals surface area contributed by atoms with Crippen LogP contribution in [0.2, 0.25) is 0 Å². The first-order chi connectivity index (χ1) is 19.0. The number of nitrogens with one attached hydrogen (secondary N) is 1. The van der Waals surface area contributed by atoms with Crippen LogP contribution in [0.4, 0.5) is 5.69 Å². The van der Waals surface area contributed by atoms with E-state index in [1.807, 2.05) is 60.8 Å². The van der Waals surface area contributed by atoms with E-state index in [9.17, 15) is 0 Å². The maximum absolute atomic E-state index is 6.04. The van der Waals surface area contributed by atoms with E-state index in [0.717, 1.165) is 22.9 Å². The fourth-order valence-corrected chi connectivity index (χ4v) is 5.87. The summed E-state index contributed by atoms with van der Waals surface area (Å²) < 4.78 is 8.39. The molecule has 5 aromatic rings. The smallest absolute Gasteiger partial charge is 0.174 e. The lowest BCUT2D eigenvalue weighted by Crippen LogP contribution is -2.29. The van der Waals surface area contributed by atoms with Gasteiger partial charge in [0.15, 0.2) is 5.11 Å². The van der Waals surface area contributed by atoms with Crippen molar-refractivity contribution in [3.63, 3.8) is 0 Å². The molecule has 6 rings (SSSR count). The molecule has 1 N–H and O–H groups in total. The molecule has 1 aliphatic rings. The Morgan fingerprint density at radius 2 is 1.49 bits per heavy atom. The molecule has 0 spiro atoms. The average Bonchev–Trinajstić information content (AvgIpc) is 3.45. The molecule has 2 aromatic heterocycles. The van der Waals surface area contributed by atoms with Crippen LogP contribution >= 0.6 is 12.2 Å². The summed E-state index contributed by atoms with van der Waals surface area (Å²) in [4.78, 5) is 6.93. The summed E-state index contributed by atoms with van der Waals surface area (Å²) in [6.07, 6.45) is 1.84. The summed E-state index contributed by atoms with van der Waals surface area (Å²) in [6.45, 7) is 6.52. The zero-order valence-corrected chi connectivity index (χ0v) is 23.0. The molecule has 0 radical (unpaired) electrons. The van der Waals surface area contributed by atoms with E-state index in [-0.39, 0.29) is 12.1 Å². The van der Waals surface area contributed by atoms with Crippen molar-refractivity contribution in [3.8, 4) is 17.2 Å². The zero-order valence-electron chi connectivity index (χ0n) is 22.2. The molecule has 0 unspecified atom stereocenters. The minimum atomic E-state index is -0.107. The molecule has 3 heterocycles. The highest BCUT2D eigenvalue weighted by atomic mass is 32.1. The quantitative estimate of drug-likeness (QED) is 0.227. The van der Waals surface area contributed by atoms with Crippen LogP contribution in [0.25, 0.3) is 5.69 Å². The first-order valence-corrected chi connectivity index (χ1v) is 13.5. The van der Waals surface area contributed by atoms with Crippen LogP contribution in [-0.2, 0) is 0 Å². The van der Waals surface area contributed by atoms with Crippen LogP contribution in [0.1, 0.15) is 40.3 Å². The van der Waals surface area contributed by atoms with Gasteiger partial charge in [0, 0.05) is 29.0 Å². The van der Waals surface area contributed by atoms with Gasteiger partial charge in [0.05, 0.1) is 17.8 Å². The van der Waals surface area contributed by atoms with Crippen molar-refractivity contribution in [3.05, 3.63) is 138 Å². The number of hydrogen-bond donors (Lipinski definition) is 1. The van der Waals surface area contributed by atoms with Crippen molar-refractivity contribution in [2.45, 2.75) is 32.9 Å². The third kappa shape index (κ3) is 4.68. The molecule has 0 amide bonds. The predicted octanol–water partition coefficient (Wildman–Crippen LogP) is 7.77. The normalized spacial score (nSPS) is 16.8. The minimum absolute atomic E-state index is 0.0859. The van der Waals surface area contributed by atoms with Crippen LogP contribution < -0.4 is 15.0 Å². The average molecular weight is 531 g/mol. The molecular weight excluding hydrogens is 500 g/mol. The number of thiocarbonyl (C=S) groups is 1. The van der Waals surface area contributed by atoms with Gasteiger partial charge in [-0.1, -0.05) is 42.5 Å². The summed E-state index contributed by atoms with van der Waals surface area (Å²) in [7, 11) is 0. The molecule has 5 nitrogen and oxygen atoms in total. The second-order valence-electron chi connectivity index (χ2n) is 9.85. The largest absolute Gasteiger partial charge is 0.457 e. The SMILES string of the molecule is Cc1ccccc1-n1c(C)cc([C@@H]2[C@H](c3ccccn3)NC(=S)N2c2ccc(Oc3ccccc3)cc2)c1C. The van der Waals surface area contributed by atoms with Crippen molar-refractivity contribution in [2.75, 3.05) is 4.90 Å². The molecule has 39 heavy (non-hydrogen) atoms. The van der Waals surface area contributed by atoms with E-state index in [1.54, 1.807) is 0 Å². The summed E-state index contributed by atoms with van der Waals surface area (Å²) in [5, 5.41) is 4.26. The lowest BCUT2D eigenvalue weighted by Gasteiger charge is -2.28. The molecular formula is C33H30N4OS. The van der Waals surface area contributed by atoms with E-state index < -0.39 is 0 Å². The lowest BCUT2D eigenvalue weighted by molar-refractivity contribution is 0.482. The summed E-state index contributed by atoms with van der Waals surface area (Å²) >= 11 is 5.96. The highest BCUT2D eigenvalue weighted by Crippen LogP contribution is 2.44. The topological polar surface area (TPSA) is 42.3 Å². The van der Waals surface area contributed by atoms with Crippen molar-refractivity contribution >= 4 is 23.0 Å². The molecule has 1 aliphatic heterocycles. The third-order valence-electron chi connectivity index (χ3n) is 7.34. The maximum Gasteiger partial charge on any atom is 0.174 e. The summed E-state index contributed by atoms with van der Waals surface area (Å²) in [6, 6.07) is 34.6. The molecule has 3 aromatic carbocycles. The van der Waals surface area contributed by atoms with E-state index in [4.69, 9.17) is 21.9 Å². The first kappa shape index (κ1) is 24.9. The Morgan fingerprint density at radius 3 is 2.21 bits per heavy atom. The zero-order chi connectivity index (χ0) is 26.9. The van der Waals surface area contributed by atoms with Crippen molar-refractivity contribution in [2.24, 2.45) is 0 Å². The van der Waals surface area contributed by atoms with Crippen molar-refractivity contribution in [1.82, 2.24) is 14.9 Å². The van der Waals surface area contributed by atoms with E-state index >= 15 is 0 Å². The monoisotopic (exact) mass is 530 g/mol. The second kappa shape index (κ2) is 10.4. The van der Waals surface area contributed by atoms with Gasteiger partial charge in [-0.25, -0.2) is 0 Å². The van der Waals surface area contributed by atoms with Gasteiger partial charge in [-0.05, 0) is 105 Å². The number of pyridine rings is 1. The van der Waals surface area contributed by atoms with Crippen molar-refractivity contribution < 1.29 is 4.74 Å². The van der Waals surface area contributed by atoms with Crippen LogP contribution in [-0.4, -0.2) is 14.7 Å². The van der Waals surface area contributed by atoms with Gasteiger partial charge in [-0.2, -0.15) is 0 Å². The van der Waals surface area contributed by atoms with Gasteiger partial charge in [0.2, 0.25) is 0 Å². The minimum Gasteiger partial charge on any atom is -0.457 e. The molecule has 0 saturated carbocycles. The van der Waals surface area contributed by atoms with Gasteiger partial charge >= 0.3 is 0 Å². The van der Waals surface area contributed by atoms with Gasteiger partial charge in [0.1, 0.15) is 11.5 Å². The number of rotatable bonds is 6. The number of benzene rings is 3. The molecule has 6 heteroatoms. The van der Waals surface area contributed by atoms with E-state index in [2.05, 4.69) is 84.1 Å². The summed E-state index contributed by atoms with van der Waals surface area (Å²) in [5.74, 6) is 1.58. The van der Waals surface area contributed by atoms with Gasteiger partial charge in [-0.3, -0.25) is 4.98 Å². The standard InChI is InChI=1S/C33H30N4OS/c1-22-11-7-8-15-30(22)36-23(2)21-28(24(36)3)32-31(29-14-9-10-20-34-29)35-33(39)37(32)25-16-18-27(19-17-25)38-26-12-5-4-6-13-26/h4-21,31-32H,1-3H3,(H,35,39)/t31-,32+/m0/s1. The van der Waals surface area contributed by atoms with Gasteiger partial charge < -0.3 is 19.5 Å². The number of anilines is 1. The maximum atomic E-state index is 6.04. The molecule has 0 bridgehead atoms. The molecule has 1 saturated heterocycles. The fraction of sp³-hybridized carbons (Fsp3) is 0.152. The Balaban J connectivity index is 1.43. The first-order valence-electron chi connectivity index (χ1n) is 13.1. The number of hydrogen-bond acceptors (Lipinski definition) is 3. The van der Waals surface area contributed by atoms with Crippen LogP contribution in [0.3, 0.4) is 0 Å². The molecule has 194 valence electrons. The Hall–Kier alpha value is -4.42. The Kier molecular flexibility index (Phi) is 6.63. The van der Waals surface area contributed by atoms with Crippen LogP contribution in [0.5, 0.6) is 11.5 Å². The Labute approximate surface area is 234 Å². The van der Waals surface area contributed by atoms with Crippen LogP contribution in [0.15, 0.2) is 109 Å². The third-order valence-corrected chi connectivity index (χ3v) is 7.65. The number of nitrogens with zero attached hydrogens (tertiary/aromatic N) is 3. The highest BCUT2D eigenvalue weighted by Gasteiger charge is 2.42. The van der Waals surface area contributed by atoms with Crippen LogP contribution in [0, 0.1) is 20.8 Å². The fourth-order valence-electron chi connectivity index (χ4n) is 5.52. The number of ether oxygens (including phenoxy) is 1. The number of para-hydroxylation sites is 2. The summed E-state index contributed by atoms with van der Waals surface area (Å²) in [5.41, 5.74) is 7.96. The molecule has 1 fully saturated rings. The van der Waals surface area contributed by atoms with Gasteiger partial charge in [-0.15, -0.1) is 0 Å². The highest BCUT2D eigenvalue weighted by molar-refractivity contribution is 7.80. The molecule has 0 aliphatic carbocycles. The van der Waals surface area contributed by atoms with E-state index in [1.165, 1.54) is 28.2 Å². The lowest BCUT2D eigenvalue weighted by atomic mass is 9.96. The number of aromatic nitrogens is 2. The second-order valence-corrected chi connectivity index (χ2v) is 10.2. The number of aryl methyl sites for hydroxylation is 2.